The Hall–Kier alpha value is -0.500. The number of aryl methyl sites for hydroxylation is 2. The third kappa shape index (κ3) is 3.75. The van der Waals surface area contributed by atoms with Gasteiger partial charge in [0.05, 0.1) is 10.4 Å². The number of halogens is 3. The maximum absolute atomic E-state index is 6.52. The lowest BCUT2D eigenvalue weighted by atomic mass is 9.98. The van der Waals surface area contributed by atoms with Crippen LogP contribution in [0.15, 0.2) is 40.9 Å². The fourth-order valence-corrected chi connectivity index (χ4v) is 2.78. The summed E-state index contributed by atoms with van der Waals surface area (Å²) in [4.78, 5) is 0. The molecule has 2 rings (SSSR count). The lowest BCUT2D eigenvalue weighted by molar-refractivity contribution is 0.909. The molecule has 0 aliphatic heterocycles. The van der Waals surface area contributed by atoms with Crippen LogP contribution in [0.1, 0.15) is 27.6 Å². The maximum Gasteiger partial charge on any atom is 0.0626 e. The molecular formula is C16H15BrCl2. The predicted octanol–water partition coefficient (Wildman–Crippen LogP) is 6.24. The van der Waals surface area contributed by atoms with E-state index in [2.05, 4.69) is 48.0 Å². The average molecular weight is 358 g/mol. The second-order valence-electron chi connectivity index (χ2n) is 4.78. The molecule has 0 aromatic heterocycles. The molecule has 2 aromatic carbocycles. The molecule has 0 aliphatic carbocycles. The first-order chi connectivity index (χ1) is 8.97. The van der Waals surface area contributed by atoms with Crippen molar-refractivity contribution in [1.82, 2.24) is 0 Å². The van der Waals surface area contributed by atoms with Crippen LogP contribution >= 0.6 is 39.1 Å². The number of alkyl halides is 1. The summed E-state index contributed by atoms with van der Waals surface area (Å²) in [5.41, 5.74) is 4.88. The van der Waals surface area contributed by atoms with Gasteiger partial charge in [0.15, 0.2) is 0 Å². The van der Waals surface area contributed by atoms with Gasteiger partial charge in [0.2, 0.25) is 0 Å². The molecule has 0 nitrogen and oxygen atoms in total. The molecule has 19 heavy (non-hydrogen) atoms. The third-order valence-corrected chi connectivity index (χ3v) is 4.85. The van der Waals surface area contributed by atoms with E-state index in [1.807, 2.05) is 18.2 Å². The summed E-state index contributed by atoms with van der Waals surface area (Å²) < 4.78 is 0.897. The maximum atomic E-state index is 6.52. The molecule has 0 spiro atoms. The normalized spacial score (nSPS) is 12.5. The van der Waals surface area contributed by atoms with E-state index in [-0.39, 0.29) is 5.38 Å². The van der Waals surface area contributed by atoms with Crippen molar-refractivity contribution in [3.8, 4) is 0 Å². The van der Waals surface area contributed by atoms with E-state index >= 15 is 0 Å². The molecule has 0 fully saturated rings. The third-order valence-electron chi connectivity index (χ3n) is 3.21. The molecule has 0 N–H and O–H groups in total. The Morgan fingerprint density at radius 3 is 2.53 bits per heavy atom. The Bertz CT molecular complexity index is 593. The number of hydrogen-bond donors (Lipinski definition) is 0. The van der Waals surface area contributed by atoms with Crippen LogP contribution in [0.5, 0.6) is 0 Å². The molecule has 0 saturated heterocycles. The Balaban J connectivity index is 2.22. The first-order valence-corrected chi connectivity index (χ1v) is 7.73. The molecule has 0 radical (unpaired) electrons. The second-order valence-corrected chi connectivity index (χ2v) is 6.56. The lowest BCUT2D eigenvalue weighted by Gasteiger charge is -2.13. The van der Waals surface area contributed by atoms with Gasteiger partial charge in [-0.25, -0.2) is 0 Å². The highest BCUT2D eigenvalue weighted by Crippen LogP contribution is 2.31. The molecular weight excluding hydrogens is 343 g/mol. The highest BCUT2D eigenvalue weighted by Gasteiger charge is 2.12. The van der Waals surface area contributed by atoms with Crippen molar-refractivity contribution >= 4 is 39.1 Å². The van der Waals surface area contributed by atoms with Gasteiger partial charge in [0.1, 0.15) is 0 Å². The van der Waals surface area contributed by atoms with Crippen molar-refractivity contribution in [1.29, 1.82) is 0 Å². The van der Waals surface area contributed by atoms with Gasteiger partial charge in [-0.1, -0.05) is 41.4 Å². The van der Waals surface area contributed by atoms with Gasteiger partial charge in [-0.2, -0.15) is 0 Å². The van der Waals surface area contributed by atoms with Gasteiger partial charge in [0.25, 0.3) is 0 Å². The van der Waals surface area contributed by atoms with Crippen LogP contribution in [-0.4, -0.2) is 0 Å². The first-order valence-electron chi connectivity index (χ1n) is 6.12. The lowest BCUT2D eigenvalue weighted by Crippen LogP contribution is -1.98. The summed E-state index contributed by atoms with van der Waals surface area (Å²) >= 11 is 16.0. The van der Waals surface area contributed by atoms with Gasteiger partial charge < -0.3 is 0 Å². The Morgan fingerprint density at radius 1 is 1.11 bits per heavy atom. The van der Waals surface area contributed by atoms with E-state index in [0.717, 1.165) is 16.5 Å². The number of hydrogen-bond acceptors (Lipinski definition) is 0. The number of rotatable bonds is 3. The van der Waals surface area contributed by atoms with Crippen LogP contribution in [0.25, 0.3) is 0 Å². The zero-order valence-corrected chi connectivity index (χ0v) is 14.0. The van der Waals surface area contributed by atoms with Crippen LogP contribution < -0.4 is 0 Å². The van der Waals surface area contributed by atoms with Crippen LogP contribution in [0.2, 0.25) is 5.02 Å². The molecule has 0 aliphatic rings. The average Bonchev–Trinajstić information content (AvgIpc) is 2.37. The summed E-state index contributed by atoms with van der Waals surface area (Å²) in [7, 11) is 0. The van der Waals surface area contributed by atoms with Crippen LogP contribution in [0.4, 0.5) is 0 Å². The van der Waals surface area contributed by atoms with E-state index in [1.165, 1.54) is 16.7 Å². The monoisotopic (exact) mass is 356 g/mol. The summed E-state index contributed by atoms with van der Waals surface area (Å²) in [6, 6.07) is 12.3. The quantitative estimate of drug-likeness (QED) is 0.570. The zero-order valence-electron chi connectivity index (χ0n) is 10.9. The van der Waals surface area contributed by atoms with Gasteiger partial charge in [0, 0.05) is 4.47 Å². The van der Waals surface area contributed by atoms with Gasteiger partial charge >= 0.3 is 0 Å². The molecule has 0 heterocycles. The molecule has 0 bridgehead atoms. The van der Waals surface area contributed by atoms with Gasteiger partial charge in [-0.3, -0.25) is 0 Å². The molecule has 0 amide bonds. The zero-order chi connectivity index (χ0) is 14.0. The molecule has 3 heteroatoms. The molecule has 1 unspecified atom stereocenters. The fourth-order valence-electron chi connectivity index (χ4n) is 2.04. The highest BCUT2D eigenvalue weighted by atomic mass is 79.9. The van der Waals surface area contributed by atoms with E-state index in [4.69, 9.17) is 23.2 Å². The minimum atomic E-state index is -0.0638. The first kappa shape index (κ1) is 14.9. The SMILES string of the molecule is Cc1ccc(C)c(CC(Cl)c2ccc(Br)c(Cl)c2)c1. The molecule has 0 saturated carbocycles. The van der Waals surface area contributed by atoms with Crippen molar-refractivity contribution in [2.45, 2.75) is 25.6 Å². The van der Waals surface area contributed by atoms with Gasteiger partial charge in [-0.05, 0) is 65.0 Å². The molecule has 1 atom stereocenters. The van der Waals surface area contributed by atoms with E-state index in [1.54, 1.807) is 0 Å². The van der Waals surface area contributed by atoms with Crippen molar-refractivity contribution in [2.24, 2.45) is 0 Å². The van der Waals surface area contributed by atoms with Crippen LogP contribution in [-0.2, 0) is 6.42 Å². The highest BCUT2D eigenvalue weighted by molar-refractivity contribution is 9.10. The Labute approximate surface area is 132 Å². The van der Waals surface area contributed by atoms with E-state index in [0.29, 0.717) is 5.02 Å². The smallest absolute Gasteiger partial charge is 0.0626 e. The summed E-state index contributed by atoms with van der Waals surface area (Å²) in [6.45, 7) is 4.22. The van der Waals surface area contributed by atoms with Crippen molar-refractivity contribution < 1.29 is 0 Å². The minimum Gasteiger partial charge on any atom is -0.117 e. The predicted molar refractivity (Wildman–Crippen MR) is 87.4 cm³/mol. The standard InChI is InChI=1S/C16H15BrCl2/c1-10-3-4-11(2)13(7-10)9-15(18)12-5-6-14(17)16(19)8-12/h3-8,15H,9H2,1-2H3. The number of benzene rings is 2. The summed E-state index contributed by atoms with van der Waals surface area (Å²) in [6.07, 6.45) is 0.813. The summed E-state index contributed by atoms with van der Waals surface area (Å²) in [5.74, 6) is 0. The van der Waals surface area contributed by atoms with Crippen molar-refractivity contribution in [3.63, 3.8) is 0 Å². The van der Waals surface area contributed by atoms with Crippen LogP contribution in [0, 0.1) is 13.8 Å². The largest absolute Gasteiger partial charge is 0.117 e. The minimum absolute atomic E-state index is 0.0638. The van der Waals surface area contributed by atoms with Gasteiger partial charge in [-0.15, -0.1) is 11.6 Å². The Kier molecular flexibility index (Phi) is 4.94. The topological polar surface area (TPSA) is 0 Å². The van der Waals surface area contributed by atoms with Crippen LogP contribution in [0.3, 0.4) is 0 Å². The molecule has 100 valence electrons. The Morgan fingerprint density at radius 2 is 1.84 bits per heavy atom. The second kappa shape index (κ2) is 6.30. The van der Waals surface area contributed by atoms with Crippen molar-refractivity contribution in [2.75, 3.05) is 0 Å². The fraction of sp³-hybridized carbons (Fsp3) is 0.250. The summed E-state index contributed by atoms with van der Waals surface area (Å²) in [5, 5.41) is 0.634. The molecule has 2 aromatic rings. The van der Waals surface area contributed by atoms with E-state index in [9.17, 15) is 0 Å². The van der Waals surface area contributed by atoms with Crippen molar-refractivity contribution in [3.05, 3.63) is 68.1 Å². The van der Waals surface area contributed by atoms with E-state index < -0.39 is 0 Å².